The minimum absolute atomic E-state index is 0.730. The van der Waals surface area contributed by atoms with Crippen LogP contribution in [0.25, 0.3) is 5.65 Å². The molecule has 0 aliphatic heterocycles. The summed E-state index contributed by atoms with van der Waals surface area (Å²) in [5, 5.41) is 3.40. The van der Waals surface area contributed by atoms with Crippen LogP contribution >= 0.6 is 15.9 Å². The lowest BCUT2D eigenvalue weighted by Gasteiger charge is -2.06. The largest absolute Gasteiger partial charge is 0.305 e. The summed E-state index contributed by atoms with van der Waals surface area (Å²) in [7, 11) is 0. The highest BCUT2D eigenvalue weighted by atomic mass is 79.9. The molecule has 1 N–H and O–H groups in total. The second-order valence-corrected chi connectivity index (χ2v) is 5.37. The zero-order valence-electron chi connectivity index (χ0n) is 11.0. The van der Waals surface area contributed by atoms with Gasteiger partial charge in [-0.3, -0.25) is 9.38 Å². The van der Waals surface area contributed by atoms with Crippen molar-refractivity contribution in [3.63, 3.8) is 0 Å². The Morgan fingerprint density at radius 2 is 2.10 bits per heavy atom. The Morgan fingerprint density at radius 3 is 2.95 bits per heavy atom. The van der Waals surface area contributed by atoms with Crippen molar-refractivity contribution in [2.24, 2.45) is 0 Å². The van der Waals surface area contributed by atoms with E-state index in [9.17, 15) is 0 Å². The van der Waals surface area contributed by atoms with Gasteiger partial charge in [0.25, 0.3) is 0 Å². The van der Waals surface area contributed by atoms with Crippen molar-refractivity contribution in [2.75, 3.05) is 0 Å². The van der Waals surface area contributed by atoms with Crippen molar-refractivity contribution >= 4 is 21.6 Å². The minimum Gasteiger partial charge on any atom is -0.305 e. The second-order valence-electron chi connectivity index (χ2n) is 4.56. The van der Waals surface area contributed by atoms with Crippen LogP contribution in [0, 0.1) is 6.92 Å². The van der Waals surface area contributed by atoms with Gasteiger partial charge >= 0.3 is 0 Å². The van der Waals surface area contributed by atoms with Crippen LogP contribution in [-0.2, 0) is 13.1 Å². The van der Waals surface area contributed by atoms with E-state index in [4.69, 9.17) is 0 Å². The van der Waals surface area contributed by atoms with Crippen LogP contribution in [0.2, 0.25) is 0 Å². The van der Waals surface area contributed by atoms with E-state index in [0.717, 1.165) is 34.7 Å². The third-order valence-corrected chi connectivity index (χ3v) is 3.57. The second kappa shape index (κ2) is 5.68. The minimum atomic E-state index is 0.730. The van der Waals surface area contributed by atoms with Crippen LogP contribution in [0.3, 0.4) is 0 Å². The molecule has 3 aromatic heterocycles. The summed E-state index contributed by atoms with van der Waals surface area (Å²) < 4.78 is 2.82. The van der Waals surface area contributed by atoms with Gasteiger partial charge in [-0.1, -0.05) is 6.07 Å². The highest BCUT2D eigenvalue weighted by molar-refractivity contribution is 9.10. The Kier molecular flexibility index (Phi) is 3.75. The summed E-state index contributed by atoms with van der Waals surface area (Å²) in [6.07, 6.45) is 7.35. The fourth-order valence-electron chi connectivity index (χ4n) is 2.06. The smallest absolute Gasteiger partial charge is 0.155 e. The average molecular weight is 332 g/mol. The molecule has 3 rings (SSSR count). The van der Waals surface area contributed by atoms with E-state index in [-0.39, 0.29) is 0 Å². The lowest BCUT2D eigenvalue weighted by molar-refractivity contribution is 0.660. The molecule has 0 aliphatic rings. The van der Waals surface area contributed by atoms with Gasteiger partial charge in [-0.05, 0) is 34.5 Å². The summed E-state index contributed by atoms with van der Waals surface area (Å²) in [5.74, 6) is 0. The van der Waals surface area contributed by atoms with Gasteiger partial charge in [0.2, 0.25) is 0 Å². The number of hydrogen-bond donors (Lipinski definition) is 1. The number of halogens is 1. The van der Waals surface area contributed by atoms with Gasteiger partial charge in [0.05, 0.1) is 23.8 Å². The molecule has 0 aromatic carbocycles. The molecule has 0 saturated carbocycles. The predicted octanol–water partition coefficient (Wildman–Crippen LogP) is 2.49. The Bertz CT molecular complexity index is 737. The van der Waals surface area contributed by atoms with Gasteiger partial charge in [0, 0.05) is 25.5 Å². The molecule has 0 aliphatic carbocycles. The fourth-order valence-corrected chi connectivity index (χ4v) is 2.37. The van der Waals surface area contributed by atoms with E-state index >= 15 is 0 Å². The summed E-state index contributed by atoms with van der Waals surface area (Å²) >= 11 is 3.38. The summed E-state index contributed by atoms with van der Waals surface area (Å²) in [6, 6.07) is 4.02. The molecule has 0 unspecified atom stereocenters. The van der Waals surface area contributed by atoms with Crippen LogP contribution in [0.1, 0.15) is 17.0 Å². The van der Waals surface area contributed by atoms with Gasteiger partial charge in [-0.2, -0.15) is 0 Å². The van der Waals surface area contributed by atoms with Crippen LogP contribution in [0.4, 0.5) is 0 Å². The molecule has 6 heteroatoms. The normalized spacial score (nSPS) is 11.1. The lowest BCUT2D eigenvalue weighted by Crippen LogP contribution is -2.15. The molecule has 0 fully saturated rings. The van der Waals surface area contributed by atoms with E-state index in [0.29, 0.717) is 0 Å². The van der Waals surface area contributed by atoms with Crippen LogP contribution < -0.4 is 5.32 Å². The maximum Gasteiger partial charge on any atom is 0.155 e. The van der Waals surface area contributed by atoms with E-state index in [1.165, 1.54) is 5.56 Å². The van der Waals surface area contributed by atoms with Crippen molar-refractivity contribution in [1.82, 2.24) is 24.7 Å². The lowest BCUT2D eigenvalue weighted by atomic mass is 10.2. The van der Waals surface area contributed by atoms with E-state index in [1.807, 2.05) is 29.1 Å². The molecule has 0 atom stereocenters. The van der Waals surface area contributed by atoms with Gasteiger partial charge in [0.1, 0.15) is 4.60 Å². The molecule has 3 heterocycles. The number of nitrogens with one attached hydrogen (secondary N) is 1. The van der Waals surface area contributed by atoms with E-state index < -0.39 is 0 Å². The van der Waals surface area contributed by atoms with Crippen molar-refractivity contribution < 1.29 is 0 Å². The Morgan fingerprint density at radius 1 is 1.20 bits per heavy atom. The number of aromatic nitrogens is 4. The van der Waals surface area contributed by atoms with E-state index in [2.05, 4.69) is 49.2 Å². The molecule has 0 amide bonds. The molecule has 5 nitrogen and oxygen atoms in total. The van der Waals surface area contributed by atoms with Gasteiger partial charge in [0.15, 0.2) is 5.65 Å². The average Bonchev–Trinajstić information content (AvgIpc) is 2.83. The first kappa shape index (κ1) is 13.2. The first-order valence-electron chi connectivity index (χ1n) is 6.33. The predicted molar refractivity (Wildman–Crippen MR) is 80.2 cm³/mol. The molecule has 3 aromatic rings. The zero-order chi connectivity index (χ0) is 13.9. The first-order chi connectivity index (χ1) is 9.74. The summed E-state index contributed by atoms with van der Waals surface area (Å²) in [4.78, 5) is 12.9. The van der Waals surface area contributed by atoms with Crippen LogP contribution in [-0.4, -0.2) is 19.4 Å². The number of imidazole rings is 1. The highest BCUT2D eigenvalue weighted by Gasteiger charge is 2.04. The molecule has 0 saturated heterocycles. The molecular formula is C14H14BrN5. The number of hydrogen-bond acceptors (Lipinski definition) is 4. The molecule has 0 bridgehead atoms. The fraction of sp³-hybridized carbons (Fsp3) is 0.214. The monoisotopic (exact) mass is 331 g/mol. The standard InChI is InChI=1S/C14H14BrN5/c1-10-3-2-4-17-12(10)7-16-5-11-6-19-14-8-18-13(15)9-20(11)14/h2-4,6,8-9,16H,5,7H2,1H3. The molecule has 0 spiro atoms. The van der Waals surface area contributed by atoms with Crippen molar-refractivity contribution in [3.8, 4) is 0 Å². The topological polar surface area (TPSA) is 55.1 Å². The van der Waals surface area contributed by atoms with Crippen molar-refractivity contribution in [2.45, 2.75) is 20.0 Å². The Labute approximate surface area is 125 Å². The Hall–Kier alpha value is -1.79. The van der Waals surface area contributed by atoms with E-state index in [1.54, 1.807) is 6.20 Å². The van der Waals surface area contributed by atoms with Crippen molar-refractivity contribution in [3.05, 3.63) is 58.5 Å². The molecule has 0 radical (unpaired) electrons. The summed E-state index contributed by atoms with van der Waals surface area (Å²) in [5.41, 5.74) is 4.21. The van der Waals surface area contributed by atoms with Gasteiger partial charge in [-0.15, -0.1) is 0 Å². The molecule has 20 heavy (non-hydrogen) atoms. The van der Waals surface area contributed by atoms with Crippen LogP contribution in [0.5, 0.6) is 0 Å². The third kappa shape index (κ3) is 2.71. The zero-order valence-corrected chi connectivity index (χ0v) is 12.6. The Balaban J connectivity index is 1.71. The van der Waals surface area contributed by atoms with Crippen molar-refractivity contribution in [1.29, 1.82) is 0 Å². The quantitative estimate of drug-likeness (QED) is 0.798. The number of aryl methyl sites for hydroxylation is 1. The SMILES string of the molecule is Cc1cccnc1CNCc1cnc2cnc(Br)cn12. The van der Waals surface area contributed by atoms with Gasteiger partial charge in [-0.25, -0.2) is 9.97 Å². The number of pyridine rings is 1. The molecule has 102 valence electrons. The maximum atomic E-state index is 4.37. The highest BCUT2D eigenvalue weighted by Crippen LogP contribution is 2.11. The van der Waals surface area contributed by atoms with Gasteiger partial charge < -0.3 is 5.32 Å². The van der Waals surface area contributed by atoms with Crippen LogP contribution in [0.15, 0.2) is 41.5 Å². The summed E-state index contributed by atoms with van der Waals surface area (Å²) in [6.45, 7) is 3.54. The molecular weight excluding hydrogens is 318 g/mol. The number of rotatable bonds is 4. The third-order valence-electron chi connectivity index (χ3n) is 3.16. The maximum absolute atomic E-state index is 4.37. The first-order valence-corrected chi connectivity index (χ1v) is 7.12. The number of nitrogens with zero attached hydrogens (tertiary/aromatic N) is 4. The number of fused-ring (bicyclic) bond motifs is 1.